The van der Waals surface area contributed by atoms with Gasteiger partial charge in [0, 0.05) is 17.7 Å². The molecule has 0 amide bonds. The third-order valence-corrected chi connectivity index (χ3v) is 2.96. The highest BCUT2D eigenvalue weighted by atomic mass is 19.1. The Morgan fingerprint density at radius 1 is 1.29 bits per heavy atom. The molecule has 21 heavy (non-hydrogen) atoms. The number of ether oxygens (including phenoxy) is 1. The fraction of sp³-hybridized carbons (Fsp3) is 0.200. The molecule has 0 aliphatic rings. The number of nitrogens with zero attached hydrogens (tertiary/aromatic N) is 1. The molecule has 0 fully saturated rings. The summed E-state index contributed by atoms with van der Waals surface area (Å²) in [6.07, 6.45) is -0.895. The number of hydrogen-bond donors (Lipinski definition) is 1. The van der Waals surface area contributed by atoms with E-state index in [1.807, 2.05) is 0 Å². The molecule has 2 aromatic rings. The lowest BCUT2D eigenvalue weighted by atomic mass is 10.1. The van der Waals surface area contributed by atoms with Crippen LogP contribution >= 0.6 is 0 Å². The summed E-state index contributed by atoms with van der Waals surface area (Å²) in [6, 6.07) is 9.86. The van der Waals surface area contributed by atoms with Crippen molar-refractivity contribution in [3.05, 3.63) is 69.5 Å². The van der Waals surface area contributed by atoms with E-state index in [1.54, 1.807) is 12.1 Å². The molecule has 110 valence electrons. The van der Waals surface area contributed by atoms with E-state index in [0.717, 1.165) is 5.56 Å². The zero-order valence-electron chi connectivity index (χ0n) is 11.3. The van der Waals surface area contributed by atoms with Crippen LogP contribution in [0.1, 0.15) is 24.2 Å². The van der Waals surface area contributed by atoms with Crippen LogP contribution in [-0.2, 0) is 6.61 Å². The van der Waals surface area contributed by atoms with Gasteiger partial charge in [0.15, 0.2) is 0 Å². The zero-order chi connectivity index (χ0) is 15.4. The molecule has 1 atom stereocenters. The lowest BCUT2D eigenvalue weighted by Crippen LogP contribution is -2.02. The van der Waals surface area contributed by atoms with Gasteiger partial charge in [-0.2, -0.15) is 0 Å². The largest absolute Gasteiger partial charge is 0.489 e. The van der Waals surface area contributed by atoms with Gasteiger partial charge in [0.2, 0.25) is 0 Å². The number of nitro groups is 1. The third kappa shape index (κ3) is 3.76. The number of aliphatic hydroxyl groups excluding tert-OH is 1. The summed E-state index contributed by atoms with van der Waals surface area (Å²) in [5.41, 5.74) is 0.984. The van der Waals surface area contributed by atoms with Gasteiger partial charge in [-0.05, 0) is 30.7 Å². The second kappa shape index (κ2) is 6.32. The van der Waals surface area contributed by atoms with Gasteiger partial charge in [0.1, 0.15) is 18.2 Å². The molecule has 2 rings (SSSR count). The molecule has 6 heteroatoms. The van der Waals surface area contributed by atoms with Gasteiger partial charge in [0.05, 0.1) is 11.0 Å². The molecule has 0 bridgehead atoms. The first-order valence-corrected chi connectivity index (χ1v) is 6.31. The molecule has 0 spiro atoms. The van der Waals surface area contributed by atoms with Gasteiger partial charge in [0.25, 0.3) is 5.69 Å². The Morgan fingerprint density at radius 3 is 2.52 bits per heavy atom. The molecule has 0 saturated heterocycles. The molecule has 0 saturated carbocycles. The second-order valence-corrected chi connectivity index (χ2v) is 4.57. The first kappa shape index (κ1) is 14.9. The lowest BCUT2D eigenvalue weighted by molar-refractivity contribution is -0.385. The number of aliphatic hydroxyl groups is 1. The Hall–Kier alpha value is -2.47. The second-order valence-electron chi connectivity index (χ2n) is 4.57. The predicted molar refractivity (Wildman–Crippen MR) is 74.5 cm³/mol. The van der Waals surface area contributed by atoms with Crippen LogP contribution in [0.25, 0.3) is 0 Å². The molecule has 2 aromatic carbocycles. The van der Waals surface area contributed by atoms with Crippen LogP contribution in [0.4, 0.5) is 10.1 Å². The van der Waals surface area contributed by atoms with Crippen molar-refractivity contribution in [2.45, 2.75) is 19.6 Å². The first-order valence-electron chi connectivity index (χ1n) is 6.31. The van der Waals surface area contributed by atoms with Crippen LogP contribution in [0, 0.1) is 15.9 Å². The highest BCUT2D eigenvalue weighted by Gasteiger charge is 2.15. The van der Waals surface area contributed by atoms with E-state index in [9.17, 15) is 19.6 Å². The van der Waals surface area contributed by atoms with E-state index in [4.69, 9.17) is 4.74 Å². The van der Waals surface area contributed by atoms with Gasteiger partial charge < -0.3 is 9.84 Å². The number of non-ortho nitro benzene ring substituents is 1. The smallest absolute Gasteiger partial charge is 0.270 e. The van der Waals surface area contributed by atoms with Gasteiger partial charge in [-0.3, -0.25) is 10.1 Å². The Kier molecular flexibility index (Phi) is 4.49. The summed E-state index contributed by atoms with van der Waals surface area (Å²) in [5, 5.41) is 20.4. The van der Waals surface area contributed by atoms with Crippen molar-refractivity contribution in [3.8, 4) is 5.75 Å². The Labute approximate surface area is 120 Å². The minimum absolute atomic E-state index is 0.111. The first-order chi connectivity index (χ1) is 9.97. The maximum Gasteiger partial charge on any atom is 0.270 e. The van der Waals surface area contributed by atoms with Crippen molar-refractivity contribution in [1.29, 1.82) is 0 Å². The molecular weight excluding hydrogens is 277 g/mol. The molecule has 0 aliphatic carbocycles. The van der Waals surface area contributed by atoms with E-state index in [-0.39, 0.29) is 18.1 Å². The fourth-order valence-electron chi connectivity index (χ4n) is 1.85. The summed E-state index contributed by atoms with van der Waals surface area (Å²) in [7, 11) is 0. The highest BCUT2D eigenvalue weighted by Crippen LogP contribution is 2.29. The molecule has 0 aliphatic heterocycles. The van der Waals surface area contributed by atoms with Crippen LogP contribution < -0.4 is 4.74 Å². The van der Waals surface area contributed by atoms with Crippen molar-refractivity contribution in [2.75, 3.05) is 0 Å². The number of rotatable bonds is 5. The zero-order valence-corrected chi connectivity index (χ0v) is 11.3. The van der Waals surface area contributed by atoms with Crippen LogP contribution in [-0.4, -0.2) is 10.0 Å². The van der Waals surface area contributed by atoms with Crippen molar-refractivity contribution in [2.24, 2.45) is 0 Å². The van der Waals surface area contributed by atoms with Gasteiger partial charge in [-0.1, -0.05) is 12.1 Å². The SMILES string of the molecule is C[C@@H](O)c1cc([N+](=O)[O-])ccc1OCc1ccc(F)cc1. The monoisotopic (exact) mass is 291 g/mol. The quantitative estimate of drug-likeness (QED) is 0.677. The number of hydrogen-bond acceptors (Lipinski definition) is 4. The van der Waals surface area contributed by atoms with Crippen molar-refractivity contribution < 1.29 is 19.2 Å². The minimum atomic E-state index is -0.895. The van der Waals surface area contributed by atoms with Crippen molar-refractivity contribution in [1.82, 2.24) is 0 Å². The molecule has 0 heterocycles. The summed E-state index contributed by atoms with van der Waals surface area (Å²) < 4.78 is 18.4. The van der Waals surface area contributed by atoms with Gasteiger partial charge in [-0.25, -0.2) is 4.39 Å². The number of benzene rings is 2. The van der Waals surface area contributed by atoms with E-state index < -0.39 is 11.0 Å². The average molecular weight is 291 g/mol. The molecule has 1 N–H and O–H groups in total. The van der Waals surface area contributed by atoms with E-state index in [1.165, 1.54) is 37.3 Å². The van der Waals surface area contributed by atoms with E-state index >= 15 is 0 Å². The van der Waals surface area contributed by atoms with Gasteiger partial charge in [-0.15, -0.1) is 0 Å². The summed E-state index contributed by atoms with van der Waals surface area (Å²) >= 11 is 0. The average Bonchev–Trinajstić information content (AvgIpc) is 2.46. The normalized spacial score (nSPS) is 12.0. The Bertz CT molecular complexity index is 641. The Balaban J connectivity index is 2.19. The summed E-state index contributed by atoms with van der Waals surface area (Å²) in [4.78, 5) is 10.2. The van der Waals surface area contributed by atoms with Crippen molar-refractivity contribution >= 4 is 5.69 Å². The fourth-order valence-corrected chi connectivity index (χ4v) is 1.85. The minimum Gasteiger partial charge on any atom is -0.489 e. The summed E-state index contributed by atoms with van der Waals surface area (Å²) in [5.74, 6) is 0.0266. The summed E-state index contributed by atoms with van der Waals surface area (Å²) in [6.45, 7) is 1.68. The van der Waals surface area contributed by atoms with Crippen LogP contribution in [0.5, 0.6) is 5.75 Å². The Morgan fingerprint density at radius 2 is 1.95 bits per heavy atom. The third-order valence-electron chi connectivity index (χ3n) is 2.96. The van der Waals surface area contributed by atoms with Crippen LogP contribution in [0.15, 0.2) is 42.5 Å². The lowest BCUT2D eigenvalue weighted by Gasteiger charge is -2.13. The van der Waals surface area contributed by atoms with Gasteiger partial charge >= 0.3 is 0 Å². The maximum atomic E-state index is 12.8. The topological polar surface area (TPSA) is 72.6 Å². The van der Waals surface area contributed by atoms with Crippen molar-refractivity contribution in [3.63, 3.8) is 0 Å². The van der Waals surface area contributed by atoms with Crippen LogP contribution in [0.3, 0.4) is 0 Å². The number of halogens is 1. The molecular formula is C15H14FNO4. The number of nitro benzene ring substituents is 1. The standard InChI is InChI=1S/C15H14FNO4/c1-10(18)14-8-13(17(19)20)6-7-15(14)21-9-11-2-4-12(16)5-3-11/h2-8,10,18H,9H2,1H3/t10-/m1/s1. The van der Waals surface area contributed by atoms with Crippen LogP contribution in [0.2, 0.25) is 0 Å². The molecule has 0 unspecified atom stereocenters. The maximum absolute atomic E-state index is 12.8. The predicted octanol–water partition coefficient (Wildman–Crippen LogP) is 3.37. The molecule has 5 nitrogen and oxygen atoms in total. The van der Waals surface area contributed by atoms with E-state index in [0.29, 0.717) is 11.3 Å². The molecule has 0 aromatic heterocycles. The van der Waals surface area contributed by atoms with E-state index in [2.05, 4.69) is 0 Å². The highest BCUT2D eigenvalue weighted by molar-refractivity contribution is 5.44. The molecule has 0 radical (unpaired) electrons.